The summed E-state index contributed by atoms with van der Waals surface area (Å²) in [6.45, 7) is 3.27. The summed E-state index contributed by atoms with van der Waals surface area (Å²) in [7, 11) is 0. The molecule has 1 aromatic rings. The Hall–Kier alpha value is -1.69. The molecule has 0 fully saturated rings. The molecule has 0 heterocycles. The third-order valence-electron chi connectivity index (χ3n) is 2.53. The summed E-state index contributed by atoms with van der Waals surface area (Å²) in [6.07, 6.45) is 0.0829. The lowest BCUT2D eigenvalue weighted by molar-refractivity contribution is -0.149. The average molecular weight is 273 g/mol. The summed E-state index contributed by atoms with van der Waals surface area (Å²) in [5.41, 5.74) is 4.49. The van der Waals surface area contributed by atoms with E-state index in [2.05, 4.69) is 0 Å². The molecule has 0 amide bonds. The fourth-order valence-corrected chi connectivity index (χ4v) is 1.38. The Morgan fingerprint density at radius 2 is 1.95 bits per heavy atom. The lowest BCUT2D eigenvalue weighted by Gasteiger charge is -2.22. The zero-order valence-corrected chi connectivity index (χ0v) is 10.9. The number of halogens is 2. The van der Waals surface area contributed by atoms with Crippen LogP contribution in [0.3, 0.4) is 0 Å². The SMILES string of the molecule is CCOC(=O)C(C)(N)CCOc1c(F)cccc1F. The molecule has 1 atom stereocenters. The molecule has 0 aliphatic heterocycles. The van der Waals surface area contributed by atoms with Crippen LogP contribution in [-0.2, 0) is 9.53 Å². The van der Waals surface area contributed by atoms with Crippen LogP contribution in [0.2, 0.25) is 0 Å². The number of carbonyl (C=O) groups excluding carboxylic acids is 1. The monoisotopic (exact) mass is 273 g/mol. The Bertz CT molecular complexity index is 429. The van der Waals surface area contributed by atoms with Crippen LogP contribution in [0, 0.1) is 11.6 Å². The smallest absolute Gasteiger partial charge is 0.325 e. The highest BCUT2D eigenvalue weighted by Crippen LogP contribution is 2.21. The van der Waals surface area contributed by atoms with Crippen LogP contribution >= 0.6 is 0 Å². The molecule has 0 saturated carbocycles. The normalized spacial score (nSPS) is 13.7. The summed E-state index contributed by atoms with van der Waals surface area (Å²) in [6, 6.07) is 3.42. The fraction of sp³-hybridized carbons (Fsp3) is 0.462. The first-order valence-corrected chi connectivity index (χ1v) is 5.91. The second-order valence-corrected chi connectivity index (χ2v) is 4.29. The molecule has 0 saturated heterocycles. The minimum absolute atomic E-state index is 0.0829. The van der Waals surface area contributed by atoms with Crippen LogP contribution in [0.25, 0.3) is 0 Å². The molecule has 1 aromatic carbocycles. The molecule has 2 N–H and O–H groups in total. The van der Waals surface area contributed by atoms with E-state index in [0.717, 1.165) is 12.1 Å². The van der Waals surface area contributed by atoms with E-state index >= 15 is 0 Å². The molecular formula is C13H17F2NO3. The number of para-hydroxylation sites is 1. The maximum absolute atomic E-state index is 13.3. The van der Waals surface area contributed by atoms with Gasteiger partial charge in [0.1, 0.15) is 5.54 Å². The predicted molar refractivity (Wildman–Crippen MR) is 65.7 cm³/mol. The first-order chi connectivity index (χ1) is 8.88. The van der Waals surface area contributed by atoms with Crippen LogP contribution in [0.15, 0.2) is 18.2 Å². The predicted octanol–water partition coefficient (Wildman–Crippen LogP) is 2.01. The van der Waals surface area contributed by atoms with E-state index < -0.39 is 28.9 Å². The molecular weight excluding hydrogens is 256 g/mol. The summed E-state index contributed by atoms with van der Waals surface area (Å²) in [5.74, 6) is -2.64. The largest absolute Gasteiger partial charge is 0.488 e. The Morgan fingerprint density at radius 3 is 2.47 bits per heavy atom. The van der Waals surface area contributed by atoms with Crippen molar-refractivity contribution in [2.24, 2.45) is 5.73 Å². The zero-order valence-electron chi connectivity index (χ0n) is 10.9. The third-order valence-corrected chi connectivity index (χ3v) is 2.53. The molecule has 1 rings (SSSR count). The topological polar surface area (TPSA) is 61.5 Å². The number of hydrogen-bond acceptors (Lipinski definition) is 4. The number of esters is 1. The molecule has 0 aliphatic carbocycles. The number of ether oxygens (including phenoxy) is 2. The minimum atomic E-state index is -1.25. The van der Waals surface area contributed by atoms with Gasteiger partial charge in [-0.25, -0.2) is 8.78 Å². The molecule has 106 valence electrons. The van der Waals surface area contributed by atoms with Gasteiger partial charge < -0.3 is 15.2 Å². The highest BCUT2D eigenvalue weighted by atomic mass is 19.1. The number of benzene rings is 1. The van der Waals surface area contributed by atoms with Gasteiger partial charge in [0, 0.05) is 6.42 Å². The van der Waals surface area contributed by atoms with E-state index in [4.69, 9.17) is 15.2 Å². The van der Waals surface area contributed by atoms with Crippen LogP contribution in [0.1, 0.15) is 20.3 Å². The minimum Gasteiger partial charge on any atom is -0.488 e. The molecule has 0 aromatic heterocycles. The van der Waals surface area contributed by atoms with Crippen molar-refractivity contribution >= 4 is 5.97 Å². The van der Waals surface area contributed by atoms with Crippen molar-refractivity contribution < 1.29 is 23.0 Å². The van der Waals surface area contributed by atoms with Crippen LogP contribution in [0.4, 0.5) is 8.78 Å². The molecule has 6 heteroatoms. The van der Waals surface area contributed by atoms with E-state index in [0.29, 0.717) is 0 Å². The molecule has 0 aliphatic rings. The Morgan fingerprint density at radius 1 is 1.37 bits per heavy atom. The second kappa shape index (κ2) is 6.47. The van der Waals surface area contributed by atoms with Gasteiger partial charge in [0.25, 0.3) is 0 Å². The van der Waals surface area contributed by atoms with Crippen molar-refractivity contribution in [3.05, 3.63) is 29.8 Å². The van der Waals surface area contributed by atoms with Crippen molar-refractivity contribution in [1.82, 2.24) is 0 Å². The zero-order chi connectivity index (χ0) is 14.5. The van der Waals surface area contributed by atoms with Crippen LogP contribution in [-0.4, -0.2) is 24.7 Å². The van der Waals surface area contributed by atoms with Gasteiger partial charge in [0.05, 0.1) is 13.2 Å². The van der Waals surface area contributed by atoms with E-state index in [1.165, 1.54) is 13.0 Å². The lowest BCUT2D eigenvalue weighted by Crippen LogP contribution is -2.47. The van der Waals surface area contributed by atoms with Gasteiger partial charge in [0.15, 0.2) is 17.4 Å². The molecule has 19 heavy (non-hydrogen) atoms. The van der Waals surface area contributed by atoms with E-state index in [-0.39, 0.29) is 19.6 Å². The second-order valence-electron chi connectivity index (χ2n) is 4.29. The van der Waals surface area contributed by atoms with Gasteiger partial charge in [-0.05, 0) is 26.0 Å². The molecule has 0 bridgehead atoms. The highest BCUT2D eigenvalue weighted by molar-refractivity contribution is 5.79. The Labute approximate surface area is 110 Å². The Kier molecular flexibility index (Phi) is 5.23. The quantitative estimate of drug-likeness (QED) is 0.805. The van der Waals surface area contributed by atoms with E-state index in [1.807, 2.05) is 0 Å². The summed E-state index contributed by atoms with van der Waals surface area (Å²) < 4.78 is 36.3. The highest BCUT2D eigenvalue weighted by Gasteiger charge is 2.30. The van der Waals surface area contributed by atoms with Crippen molar-refractivity contribution in [2.45, 2.75) is 25.8 Å². The van der Waals surface area contributed by atoms with Gasteiger partial charge in [-0.3, -0.25) is 4.79 Å². The molecule has 0 radical (unpaired) electrons. The maximum atomic E-state index is 13.3. The number of carbonyl (C=O) groups is 1. The van der Waals surface area contributed by atoms with Gasteiger partial charge >= 0.3 is 5.97 Å². The standard InChI is InChI=1S/C13H17F2NO3/c1-3-18-12(17)13(2,16)7-8-19-11-9(14)5-4-6-10(11)15/h4-6H,3,7-8,16H2,1-2H3. The number of hydrogen-bond donors (Lipinski definition) is 1. The average Bonchev–Trinajstić information content (AvgIpc) is 2.33. The van der Waals surface area contributed by atoms with Crippen molar-refractivity contribution in [2.75, 3.05) is 13.2 Å². The molecule has 4 nitrogen and oxygen atoms in total. The van der Waals surface area contributed by atoms with Crippen molar-refractivity contribution in [3.8, 4) is 5.75 Å². The van der Waals surface area contributed by atoms with Gasteiger partial charge in [-0.1, -0.05) is 6.07 Å². The van der Waals surface area contributed by atoms with Crippen molar-refractivity contribution in [1.29, 1.82) is 0 Å². The molecule has 1 unspecified atom stereocenters. The maximum Gasteiger partial charge on any atom is 0.325 e. The molecule has 0 spiro atoms. The third kappa shape index (κ3) is 4.17. The van der Waals surface area contributed by atoms with Gasteiger partial charge in [-0.2, -0.15) is 0 Å². The lowest BCUT2D eigenvalue weighted by atomic mass is 10.0. The number of nitrogens with two attached hydrogens (primary N) is 1. The Balaban J connectivity index is 2.57. The number of rotatable bonds is 6. The van der Waals surface area contributed by atoms with E-state index in [1.54, 1.807) is 6.92 Å². The first kappa shape index (κ1) is 15.4. The van der Waals surface area contributed by atoms with Gasteiger partial charge in [-0.15, -0.1) is 0 Å². The van der Waals surface area contributed by atoms with Gasteiger partial charge in [0.2, 0.25) is 0 Å². The fourth-order valence-electron chi connectivity index (χ4n) is 1.38. The first-order valence-electron chi connectivity index (χ1n) is 5.91. The van der Waals surface area contributed by atoms with E-state index in [9.17, 15) is 13.6 Å². The van der Waals surface area contributed by atoms with Crippen molar-refractivity contribution in [3.63, 3.8) is 0 Å². The summed E-state index contributed by atoms with van der Waals surface area (Å²) >= 11 is 0. The summed E-state index contributed by atoms with van der Waals surface area (Å²) in [4.78, 5) is 11.5. The van der Waals surface area contributed by atoms with Crippen LogP contribution < -0.4 is 10.5 Å². The summed E-state index contributed by atoms with van der Waals surface area (Å²) in [5, 5.41) is 0. The van der Waals surface area contributed by atoms with Crippen LogP contribution in [0.5, 0.6) is 5.75 Å².